The Bertz CT molecular complexity index is 394. The summed E-state index contributed by atoms with van der Waals surface area (Å²) in [5.41, 5.74) is 2.43. The number of hydrogen-bond donors (Lipinski definition) is 0. The van der Waals surface area contributed by atoms with Crippen molar-refractivity contribution in [3.63, 3.8) is 0 Å². The van der Waals surface area contributed by atoms with E-state index in [1.165, 1.54) is 5.56 Å². The fourth-order valence-electron chi connectivity index (χ4n) is 2.02. The lowest BCUT2D eigenvalue weighted by molar-refractivity contribution is 0.282. The minimum absolute atomic E-state index is 0.672. The van der Waals surface area contributed by atoms with E-state index in [9.17, 15) is 0 Å². The molecule has 0 aliphatic carbocycles. The van der Waals surface area contributed by atoms with Crippen molar-refractivity contribution in [2.24, 2.45) is 0 Å². The van der Waals surface area contributed by atoms with Crippen molar-refractivity contribution in [3.8, 4) is 11.5 Å². The van der Waals surface area contributed by atoms with Crippen molar-refractivity contribution in [3.05, 3.63) is 29.3 Å². The number of rotatable bonds is 0. The third-order valence-corrected chi connectivity index (χ3v) is 2.69. The van der Waals surface area contributed by atoms with E-state index in [0.29, 0.717) is 6.61 Å². The van der Waals surface area contributed by atoms with Gasteiger partial charge in [-0.15, -0.1) is 0 Å². The molecular formula is C12H12O2. The minimum Gasteiger partial charge on any atom is -0.493 e. The second-order valence-corrected chi connectivity index (χ2v) is 3.63. The standard InChI is InChI=1S/C12H12O2/c1-3-9-5-6-11-10(4-2-7-13-11)12(9)14-8-1/h2,4-6H,1,3,7-8H2. The molecule has 0 saturated heterocycles. The van der Waals surface area contributed by atoms with Gasteiger partial charge in [0.2, 0.25) is 0 Å². The normalized spacial score (nSPS) is 17.7. The van der Waals surface area contributed by atoms with Crippen molar-refractivity contribution >= 4 is 6.08 Å². The lowest BCUT2D eigenvalue weighted by atomic mass is 10.0. The summed E-state index contributed by atoms with van der Waals surface area (Å²) in [5.74, 6) is 1.98. The minimum atomic E-state index is 0.672. The summed E-state index contributed by atoms with van der Waals surface area (Å²) in [5, 5.41) is 0. The predicted molar refractivity (Wildman–Crippen MR) is 54.8 cm³/mol. The first kappa shape index (κ1) is 7.92. The Morgan fingerprint density at radius 2 is 2.14 bits per heavy atom. The second kappa shape index (κ2) is 3.05. The Hall–Kier alpha value is -1.44. The highest BCUT2D eigenvalue weighted by molar-refractivity contribution is 5.68. The fraction of sp³-hybridized carbons (Fsp3) is 0.333. The van der Waals surface area contributed by atoms with E-state index in [4.69, 9.17) is 9.47 Å². The molecule has 14 heavy (non-hydrogen) atoms. The van der Waals surface area contributed by atoms with E-state index < -0.39 is 0 Å². The zero-order valence-electron chi connectivity index (χ0n) is 7.95. The summed E-state index contributed by atoms with van der Waals surface area (Å²) >= 11 is 0. The molecule has 0 radical (unpaired) electrons. The fourth-order valence-corrected chi connectivity index (χ4v) is 2.02. The number of fused-ring (bicyclic) bond motifs is 3. The van der Waals surface area contributed by atoms with Gasteiger partial charge in [-0.3, -0.25) is 0 Å². The maximum Gasteiger partial charge on any atom is 0.133 e. The number of aryl methyl sites for hydroxylation is 1. The van der Waals surface area contributed by atoms with Crippen LogP contribution in [0.5, 0.6) is 11.5 Å². The molecule has 2 heterocycles. The first-order chi connectivity index (χ1) is 6.95. The van der Waals surface area contributed by atoms with Crippen molar-refractivity contribution in [2.75, 3.05) is 13.2 Å². The third-order valence-electron chi connectivity index (χ3n) is 2.69. The maximum absolute atomic E-state index is 5.69. The van der Waals surface area contributed by atoms with Crippen LogP contribution in [-0.4, -0.2) is 13.2 Å². The van der Waals surface area contributed by atoms with Crippen LogP contribution < -0.4 is 9.47 Å². The molecule has 0 atom stereocenters. The molecule has 2 aliphatic heterocycles. The SMILES string of the molecule is C1=Cc2c(ccc3c2OCCC3)OC1. The Morgan fingerprint density at radius 3 is 3.14 bits per heavy atom. The average molecular weight is 188 g/mol. The molecule has 2 heteroatoms. The topological polar surface area (TPSA) is 18.5 Å². The molecule has 2 nitrogen and oxygen atoms in total. The Balaban J connectivity index is 2.18. The number of ether oxygens (including phenoxy) is 2. The van der Waals surface area contributed by atoms with Crippen LogP contribution in [0.3, 0.4) is 0 Å². The van der Waals surface area contributed by atoms with Crippen LogP contribution in [0.2, 0.25) is 0 Å². The quantitative estimate of drug-likeness (QED) is 0.622. The summed E-state index contributed by atoms with van der Waals surface area (Å²) in [6.07, 6.45) is 6.37. The van der Waals surface area contributed by atoms with Gasteiger partial charge in [-0.25, -0.2) is 0 Å². The molecule has 0 fully saturated rings. The first-order valence-electron chi connectivity index (χ1n) is 5.03. The smallest absolute Gasteiger partial charge is 0.133 e. The molecule has 0 spiro atoms. The monoisotopic (exact) mass is 188 g/mol. The molecule has 2 aliphatic rings. The Morgan fingerprint density at radius 1 is 1.14 bits per heavy atom. The van der Waals surface area contributed by atoms with Crippen LogP contribution in [-0.2, 0) is 6.42 Å². The molecule has 0 bridgehead atoms. The first-order valence-corrected chi connectivity index (χ1v) is 5.03. The zero-order chi connectivity index (χ0) is 9.38. The van der Waals surface area contributed by atoms with Crippen molar-refractivity contribution in [1.82, 2.24) is 0 Å². The average Bonchev–Trinajstić information content (AvgIpc) is 2.29. The zero-order valence-corrected chi connectivity index (χ0v) is 7.95. The molecule has 1 aromatic rings. The molecule has 0 N–H and O–H groups in total. The van der Waals surface area contributed by atoms with Crippen LogP contribution in [0.25, 0.3) is 6.08 Å². The lowest BCUT2D eigenvalue weighted by Gasteiger charge is -2.22. The van der Waals surface area contributed by atoms with Crippen LogP contribution in [0.4, 0.5) is 0 Å². The van der Waals surface area contributed by atoms with E-state index in [0.717, 1.165) is 36.5 Å². The highest BCUT2D eigenvalue weighted by atomic mass is 16.5. The van der Waals surface area contributed by atoms with Gasteiger partial charge in [0.15, 0.2) is 0 Å². The van der Waals surface area contributed by atoms with Crippen molar-refractivity contribution in [2.45, 2.75) is 12.8 Å². The maximum atomic E-state index is 5.69. The number of hydrogen-bond acceptors (Lipinski definition) is 2. The van der Waals surface area contributed by atoms with E-state index in [2.05, 4.69) is 12.1 Å². The van der Waals surface area contributed by atoms with Crippen LogP contribution in [0.15, 0.2) is 18.2 Å². The largest absolute Gasteiger partial charge is 0.493 e. The van der Waals surface area contributed by atoms with Gasteiger partial charge in [-0.05, 0) is 36.6 Å². The molecule has 72 valence electrons. The summed E-state index contributed by atoms with van der Waals surface area (Å²) in [4.78, 5) is 0. The molecule has 0 amide bonds. The van der Waals surface area contributed by atoms with Gasteiger partial charge in [0, 0.05) is 0 Å². The third kappa shape index (κ3) is 1.10. The molecule has 3 rings (SSSR count). The second-order valence-electron chi connectivity index (χ2n) is 3.63. The van der Waals surface area contributed by atoms with Crippen LogP contribution >= 0.6 is 0 Å². The van der Waals surface area contributed by atoms with Gasteiger partial charge in [0.05, 0.1) is 12.2 Å². The van der Waals surface area contributed by atoms with Crippen LogP contribution in [0, 0.1) is 0 Å². The molecule has 0 saturated carbocycles. The summed E-state index contributed by atoms with van der Waals surface area (Å²) in [6.45, 7) is 1.50. The van der Waals surface area contributed by atoms with Crippen molar-refractivity contribution in [1.29, 1.82) is 0 Å². The van der Waals surface area contributed by atoms with E-state index in [1.54, 1.807) is 0 Å². The van der Waals surface area contributed by atoms with Crippen molar-refractivity contribution < 1.29 is 9.47 Å². The lowest BCUT2D eigenvalue weighted by Crippen LogP contribution is -2.11. The summed E-state index contributed by atoms with van der Waals surface area (Å²) in [6, 6.07) is 4.17. The molecule has 0 unspecified atom stereocenters. The number of benzene rings is 1. The van der Waals surface area contributed by atoms with Gasteiger partial charge in [-0.2, -0.15) is 0 Å². The summed E-state index contributed by atoms with van der Waals surface area (Å²) in [7, 11) is 0. The van der Waals surface area contributed by atoms with E-state index >= 15 is 0 Å². The van der Waals surface area contributed by atoms with Gasteiger partial charge < -0.3 is 9.47 Å². The van der Waals surface area contributed by atoms with Gasteiger partial charge >= 0.3 is 0 Å². The Labute approximate surface area is 83.1 Å². The predicted octanol–water partition coefficient (Wildman–Crippen LogP) is 2.42. The highest BCUT2D eigenvalue weighted by Gasteiger charge is 2.18. The van der Waals surface area contributed by atoms with Crippen LogP contribution in [0.1, 0.15) is 17.5 Å². The van der Waals surface area contributed by atoms with E-state index in [1.807, 2.05) is 12.1 Å². The van der Waals surface area contributed by atoms with E-state index in [-0.39, 0.29) is 0 Å². The van der Waals surface area contributed by atoms with Gasteiger partial charge in [0.25, 0.3) is 0 Å². The van der Waals surface area contributed by atoms with Gasteiger partial charge in [0.1, 0.15) is 18.1 Å². The molecular weight excluding hydrogens is 176 g/mol. The molecule has 1 aromatic carbocycles. The molecule has 0 aromatic heterocycles. The van der Waals surface area contributed by atoms with Gasteiger partial charge in [-0.1, -0.05) is 6.07 Å². The summed E-state index contributed by atoms with van der Waals surface area (Å²) < 4.78 is 11.2. The highest BCUT2D eigenvalue weighted by Crippen LogP contribution is 2.37. The Kier molecular flexibility index (Phi) is 1.72.